The molecule has 1 aliphatic carbocycles. The number of thioether (sulfide) groups is 1. The molecule has 0 radical (unpaired) electrons. The lowest BCUT2D eigenvalue weighted by molar-refractivity contribution is -0.113. The Morgan fingerprint density at radius 3 is 2.88 bits per heavy atom. The highest BCUT2D eigenvalue weighted by atomic mass is 32.2. The zero-order valence-electron chi connectivity index (χ0n) is 18.8. The Morgan fingerprint density at radius 2 is 2.09 bits per heavy atom. The predicted octanol–water partition coefficient (Wildman–Crippen LogP) is 5.44. The van der Waals surface area contributed by atoms with Gasteiger partial charge in [0.1, 0.15) is 17.3 Å². The summed E-state index contributed by atoms with van der Waals surface area (Å²) in [4.78, 5) is 17.1. The average molecular weight is 473 g/mol. The van der Waals surface area contributed by atoms with Gasteiger partial charge < -0.3 is 9.73 Å². The third-order valence-corrected chi connectivity index (χ3v) is 7.22. The Balaban J connectivity index is 1.39. The van der Waals surface area contributed by atoms with Crippen molar-refractivity contribution in [1.29, 1.82) is 5.26 Å². The summed E-state index contributed by atoms with van der Waals surface area (Å²) in [6.45, 7) is 2.27. The second-order valence-electron chi connectivity index (χ2n) is 8.50. The van der Waals surface area contributed by atoms with Crippen LogP contribution in [-0.2, 0) is 4.79 Å². The molecule has 172 valence electrons. The number of aromatic nitrogens is 4. The van der Waals surface area contributed by atoms with Crippen molar-refractivity contribution in [1.82, 2.24) is 19.7 Å². The lowest BCUT2D eigenvalue weighted by Crippen LogP contribution is -2.23. The number of fused-ring (bicyclic) bond motifs is 1. The second-order valence-corrected chi connectivity index (χ2v) is 9.44. The van der Waals surface area contributed by atoms with Crippen LogP contribution in [0.4, 0.5) is 5.69 Å². The van der Waals surface area contributed by atoms with E-state index >= 15 is 0 Å². The van der Waals surface area contributed by atoms with E-state index in [-0.39, 0.29) is 23.5 Å². The van der Waals surface area contributed by atoms with Gasteiger partial charge in [0.15, 0.2) is 11.0 Å². The van der Waals surface area contributed by atoms with Gasteiger partial charge in [-0.1, -0.05) is 43.7 Å². The molecule has 1 aliphatic rings. The first-order valence-electron chi connectivity index (χ1n) is 11.3. The number of nitrogens with one attached hydrogen (secondary N) is 1. The molecule has 1 aromatic carbocycles. The zero-order valence-corrected chi connectivity index (χ0v) is 19.6. The first-order chi connectivity index (χ1) is 16.7. The van der Waals surface area contributed by atoms with Crippen LogP contribution in [0.15, 0.2) is 58.4 Å². The van der Waals surface area contributed by atoms with E-state index in [4.69, 9.17) is 4.42 Å². The van der Waals surface area contributed by atoms with Gasteiger partial charge in [0.25, 0.3) is 0 Å². The van der Waals surface area contributed by atoms with Crippen LogP contribution in [0.25, 0.3) is 22.4 Å². The van der Waals surface area contributed by atoms with Crippen molar-refractivity contribution in [3.8, 4) is 17.5 Å². The van der Waals surface area contributed by atoms with Crippen molar-refractivity contribution in [3.05, 3.63) is 54.6 Å². The Morgan fingerprint density at radius 1 is 1.24 bits per heavy atom. The van der Waals surface area contributed by atoms with Gasteiger partial charge in [0.05, 0.1) is 5.75 Å². The number of anilines is 1. The Hall–Kier alpha value is -3.64. The third kappa shape index (κ3) is 4.29. The fraction of sp³-hybridized carbons (Fsp3) is 0.320. The number of furan rings is 1. The highest BCUT2D eigenvalue weighted by Gasteiger charge is 2.29. The minimum atomic E-state index is -0.234. The van der Waals surface area contributed by atoms with Crippen molar-refractivity contribution < 1.29 is 9.21 Å². The minimum absolute atomic E-state index is 0.0950. The predicted molar refractivity (Wildman–Crippen MR) is 130 cm³/mol. The third-order valence-electron chi connectivity index (χ3n) is 6.28. The van der Waals surface area contributed by atoms with Crippen LogP contribution in [-0.4, -0.2) is 31.4 Å². The van der Waals surface area contributed by atoms with E-state index in [1.165, 1.54) is 18.2 Å². The van der Waals surface area contributed by atoms with E-state index in [0.717, 1.165) is 30.7 Å². The molecule has 0 bridgehead atoms. The maximum absolute atomic E-state index is 12.9. The molecule has 1 N–H and O–H groups in total. The van der Waals surface area contributed by atoms with E-state index in [1.54, 1.807) is 18.5 Å². The van der Waals surface area contributed by atoms with Gasteiger partial charge in [-0.15, -0.1) is 10.2 Å². The van der Waals surface area contributed by atoms with Gasteiger partial charge in [-0.2, -0.15) is 5.26 Å². The van der Waals surface area contributed by atoms with Gasteiger partial charge in [-0.3, -0.25) is 14.3 Å². The van der Waals surface area contributed by atoms with Crippen LogP contribution in [0.5, 0.6) is 0 Å². The average Bonchev–Trinajstić information content (AvgIpc) is 3.45. The standard InChI is InChI=1S/C25H24N6O2S/c1-16-7-2-4-10-19(16)31-24(17-8-6-12-27-14-17)29-30-25(31)34-15-22(32)28-23-18-9-3-5-11-20(18)33-21(23)13-26/h3,5-6,8-9,11-12,14,16,19H,2,4,7,10,15H2,1H3,(H,28,32)/t16-,19+/m1/s1. The largest absolute Gasteiger partial charge is 0.443 e. The summed E-state index contributed by atoms with van der Waals surface area (Å²) in [5.74, 6) is 1.27. The SMILES string of the molecule is C[C@@H]1CCCC[C@@H]1n1c(SCC(=O)Nc2c(C#N)oc3ccccc23)nnc1-c1cccnc1. The van der Waals surface area contributed by atoms with Crippen LogP contribution in [0.3, 0.4) is 0 Å². The number of pyridine rings is 1. The first kappa shape index (κ1) is 22.2. The van der Waals surface area contributed by atoms with Crippen molar-refractivity contribution in [2.45, 2.75) is 43.8 Å². The van der Waals surface area contributed by atoms with Crippen molar-refractivity contribution in [2.75, 3.05) is 11.1 Å². The van der Waals surface area contributed by atoms with Gasteiger partial charge in [-0.05, 0) is 43.0 Å². The number of nitriles is 1. The van der Waals surface area contributed by atoms with E-state index in [9.17, 15) is 10.1 Å². The fourth-order valence-electron chi connectivity index (χ4n) is 4.60. The number of hydrogen-bond acceptors (Lipinski definition) is 7. The van der Waals surface area contributed by atoms with Gasteiger partial charge in [0.2, 0.25) is 11.7 Å². The number of amides is 1. The molecular formula is C25H24N6O2S. The molecule has 9 heteroatoms. The Kier molecular flexibility index (Phi) is 6.32. The number of para-hydroxylation sites is 1. The maximum Gasteiger partial charge on any atom is 0.234 e. The van der Waals surface area contributed by atoms with Gasteiger partial charge >= 0.3 is 0 Å². The van der Waals surface area contributed by atoms with Crippen LogP contribution in [0.2, 0.25) is 0 Å². The topological polar surface area (TPSA) is 110 Å². The van der Waals surface area contributed by atoms with Gasteiger partial charge in [-0.25, -0.2) is 0 Å². The molecule has 1 saturated carbocycles. The van der Waals surface area contributed by atoms with Crippen LogP contribution >= 0.6 is 11.8 Å². The molecule has 3 heterocycles. The fourth-order valence-corrected chi connectivity index (χ4v) is 5.39. The molecule has 3 aromatic heterocycles. The summed E-state index contributed by atoms with van der Waals surface area (Å²) in [7, 11) is 0. The summed E-state index contributed by atoms with van der Waals surface area (Å²) in [5.41, 5.74) is 1.88. The highest BCUT2D eigenvalue weighted by Crippen LogP contribution is 2.39. The van der Waals surface area contributed by atoms with Gasteiger partial charge in [0, 0.05) is 29.4 Å². The smallest absolute Gasteiger partial charge is 0.234 e. The molecule has 0 saturated heterocycles. The molecule has 0 unspecified atom stereocenters. The quantitative estimate of drug-likeness (QED) is 0.372. The molecule has 4 aromatic rings. The number of hydrogen-bond donors (Lipinski definition) is 1. The van der Waals surface area contributed by atoms with Crippen LogP contribution in [0.1, 0.15) is 44.4 Å². The molecule has 1 amide bonds. The Bertz CT molecular complexity index is 1360. The van der Waals surface area contributed by atoms with Crippen molar-refractivity contribution in [2.24, 2.45) is 5.92 Å². The minimum Gasteiger partial charge on any atom is -0.443 e. The number of carbonyl (C=O) groups is 1. The zero-order chi connectivity index (χ0) is 23.5. The first-order valence-corrected chi connectivity index (χ1v) is 12.3. The molecule has 0 spiro atoms. The van der Waals surface area contributed by atoms with Crippen molar-refractivity contribution >= 4 is 34.3 Å². The summed E-state index contributed by atoms with van der Waals surface area (Å²) in [5, 5.41) is 22.6. The molecule has 8 nitrogen and oxygen atoms in total. The second kappa shape index (κ2) is 9.69. The van der Waals surface area contributed by atoms with Crippen molar-refractivity contribution in [3.63, 3.8) is 0 Å². The van der Waals surface area contributed by atoms with E-state index in [0.29, 0.717) is 27.7 Å². The maximum atomic E-state index is 12.9. The van der Waals surface area contributed by atoms with E-state index < -0.39 is 0 Å². The molecule has 1 fully saturated rings. The van der Waals surface area contributed by atoms with Crippen LogP contribution < -0.4 is 5.32 Å². The van der Waals surface area contributed by atoms with E-state index in [1.807, 2.05) is 36.4 Å². The summed E-state index contributed by atoms with van der Waals surface area (Å²) in [6.07, 6.45) is 8.13. The number of rotatable bonds is 6. The summed E-state index contributed by atoms with van der Waals surface area (Å²) < 4.78 is 7.75. The molecule has 0 aliphatic heterocycles. The lowest BCUT2D eigenvalue weighted by Gasteiger charge is -2.31. The van der Waals surface area contributed by atoms with Crippen LogP contribution in [0, 0.1) is 17.2 Å². The molecule has 34 heavy (non-hydrogen) atoms. The number of benzene rings is 1. The normalized spacial score (nSPS) is 18.0. The molecular weight excluding hydrogens is 448 g/mol. The summed E-state index contributed by atoms with van der Waals surface area (Å²) >= 11 is 1.35. The number of carbonyl (C=O) groups excluding carboxylic acids is 1. The van der Waals surface area contributed by atoms with E-state index in [2.05, 4.69) is 32.0 Å². The lowest BCUT2D eigenvalue weighted by atomic mass is 9.85. The monoisotopic (exact) mass is 472 g/mol. The number of nitrogens with zero attached hydrogens (tertiary/aromatic N) is 5. The molecule has 2 atom stereocenters. The summed E-state index contributed by atoms with van der Waals surface area (Å²) in [6, 6.07) is 13.4. The molecule has 5 rings (SSSR count). The Labute approximate surface area is 201 Å². The highest BCUT2D eigenvalue weighted by molar-refractivity contribution is 7.99.